The molecule has 0 saturated heterocycles. The SMILES string of the molecule is O=C(CC1Oc2ccccc2NC1=O)NCc1ccncc1. The zero-order valence-electron chi connectivity index (χ0n) is 11.8. The van der Waals surface area contributed by atoms with Gasteiger partial charge in [0.25, 0.3) is 5.91 Å². The van der Waals surface area contributed by atoms with Crippen LogP contribution >= 0.6 is 0 Å². The van der Waals surface area contributed by atoms with Gasteiger partial charge >= 0.3 is 0 Å². The fraction of sp³-hybridized carbons (Fsp3) is 0.188. The maximum atomic E-state index is 12.0. The van der Waals surface area contributed by atoms with E-state index in [1.165, 1.54) is 0 Å². The number of hydrogen-bond donors (Lipinski definition) is 2. The molecule has 22 heavy (non-hydrogen) atoms. The Bertz CT molecular complexity index is 688. The Kier molecular flexibility index (Phi) is 4.00. The molecule has 1 aromatic heterocycles. The van der Waals surface area contributed by atoms with Crippen molar-refractivity contribution in [2.75, 3.05) is 5.32 Å². The highest BCUT2D eigenvalue weighted by molar-refractivity contribution is 5.99. The molecule has 1 atom stereocenters. The minimum Gasteiger partial charge on any atom is -0.478 e. The minimum absolute atomic E-state index is 0.0226. The molecule has 0 fully saturated rings. The largest absolute Gasteiger partial charge is 0.478 e. The topological polar surface area (TPSA) is 80.3 Å². The standard InChI is InChI=1S/C16H15N3O3/c20-15(18-10-11-5-7-17-8-6-11)9-14-16(21)19-12-3-1-2-4-13(12)22-14/h1-8,14H,9-10H2,(H,18,20)(H,19,21). The molecule has 2 N–H and O–H groups in total. The van der Waals surface area contributed by atoms with Crippen LogP contribution in [0.3, 0.4) is 0 Å². The Morgan fingerprint density at radius 1 is 1.23 bits per heavy atom. The molecule has 112 valence electrons. The zero-order chi connectivity index (χ0) is 15.4. The summed E-state index contributed by atoms with van der Waals surface area (Å²) in [6.07, 6.45) is 2.49. The zero-order valence-corrected chi connectivity index (χ0v) is 11.8. The number of rotatable bonds is 4. The summed E-state index contributed by atoms with van der Waals surface area (Å²) in [6.45, 7) is 0.395. The van der Waals surface area contributed by atoms with Gasteiger partial charge in [0.15, 0.2) is 6.10 Å². The molecule has 0 bridgehead atoms. The van der Waals surface area contributed by atoms with Crippen LogP contribution in [0.2, 0.25) is 0 Å². The molecular weight excluding hydrogens is 282 g/mol. The Hall–Kier alpha value is -2.89. The highest BCUT2D eigenvalue weighted by Gasteiger charge is 2.29. The van der Waals surface area contributed by atoms with Crippen molar-refractivity contribution < 1.29 is 14.3 Å². The number of nitrogens with zero attached hydrogens (tertiary/aromatic N) is 1. The van der Waals surface area contributed by atoms with E-state index in [1.54, 1.807) is 24.5 Å². The van der Waals surface area contributed by atoms with Crippen LogP contribution in [0.5, 0.6) is 5.75 Å². The summed E-state index contributed by atoms with van der Waals surface area (Å²) in [4.78, 5) is 27.8. The second-order valence-corrected chi connectivity index (χ2v) is 4.93. The lowest BCUT2D eigenvalue weighted by atomic mass is 10.1. The average molecular weight is 297 g/mol. The number of carbonyl (C=O) groups excluding carboxylic acids is 2. The number of ether oxygens (including phenoxy) is 1. The molecule has 1 aliphatic rings. The highest BCUT2D eigenvalue weighted by Crippen LogP contribution is 2.29. The van der Waals surface area contributed by atoms with Gasteiger partial charge in [-0.25, -0.2) is 0 Å². The van der Waals surface area contributed by atoms with Crippen molar-refractivity contribution in [3.8, 4) is 5.75 Å². The summed E-state index contributed by atoms with van der Waals surface area (Å²) in [5.41, 5.74) is 1.57. The molecule has 6 nitrogen and oxygen atoms in total. The van der Waals surface area contributed by atoms with Gasteiger partial charge in [0.2, 0.25) is 5.91 Å². The molecule has 0 spiro atoms. The van der Waals surface area contributed by atoms with E-state index in [1.807, 2.05) is 24.3 Å². The number of anilines is 1. The van der Waals surface area contributed by atoms with Crippen molar-refractivity contribution in [1.82, 2.24) is 10.3 Å². The van der Waals surface area contributed by atoms with Gasteiger partial charge in [-0.05, 0) is 29.8 Å². The maximum Gasteiger partial charge on any atom is 0.266 e. The van der Waals surface area contributed by atoms with Crippen LogP contribution in [0.1, 0.15) is 12.0 Å². The fourth-order valence-corrected chi connectivity index (χ4v) is 2.17. The van der Waals surface area contributed by atoms with Gasteiger partial charge in [-0.2, -0.15) is 0 Å². The van der Waals surface area contributed by atoms with Gasteiger partial charge in [0, 0.05) is 18.9 Å². The molecule has 1 aromatic carbocycles. The van der Waals surface area contributed by atoms with Crippen LogP contribution in [0, 0.1) is 0 Å². The average Bonchev–Trinajstić information content (AvgIpc) is 2.55. The number of aromatic nitrogens is 1. The van der Waals surface area contributed by atoms with Crippen LogP contribution in [0.25, 0.3) is 0 Å². The normalized spacial score (nSPS) is 16.2. The Balaban J connectivity index is 1.57. The van der Waals surface area contributed by atoms with Crippen molar-refractivity contribution in [3.05, 3.63) is 54.4 Å². The molecule has 2 amide bonds. The first-order chi connectivity index (χ1) is 10.7. The molecule has 0 radical (unpaired) electrons. The molecule has 2 aromatic rings. The first kappa shape index (κ1) is 14.1. The fourth-order valence-electron chi connectivity index (χ4n) is 2.17. The minimum atomic E-state index is -0.813. The number of carbonyl (C=O) groups is 2. The number of benzene rings is 1. The lowest BCUT2D eigenvalue weighted by molar-refractivity contribution is -0.130. The van der Waals surface area contributed by atoms with Crippen molar-refractivity contribution in [3.63, 3.8) is 0 Å². The first-order valence-corrected chi connectivity index (χ1v) is 6.94. The Morgan fingerprint density at radius 2 is 2.00 bits per heavy atom. The van der Waals surface area contributed by atoms with Crippen molar-refractivity contribution >= 4 is 17.5 Å². The molecular formula is C16H15N3O3. The smallest absolute Gasteiger partial charge is 0.266 e. The predicted octanol–water partition coefficient (Wildman–Crippen LogP) is 1.49. The molecule has 6 heteroatoms. The van der Waals surface area contributed by atoms with Crippen LogP contribution < -0.4 is 15.4 Å². The van der Waals surface area contributed by atoms with Crippen molar-refractivity contribution in [1.29, 1.82) is 0 Å². The molecule has 0 aliphatic carbocycles. The summed E-state index contributed by atoms with van der Waals surface area (Å²) < 4.78 is 5.58. The van der Waals surface area contributed by atoms with Crippen LogP contribution in [0.4, 0.5) is 5.69 Å². The number of amides is 2. The van der Waals surface area contributed by atoms with E-state index in [4.69, 9.17) is 4.74 Å². The van der Waals surface area contributed by atoms with Gasteiger partial charge in [-0.1, -0.05) is 12.1 Å². The molecule has 1 aliphatic heterocycles. The van der Waals surface area contributed by atoms with E-state index >= 15 is 0 Å². The molecule has 1 unspecified atom stereocenters. The number of para-hydroxylation sites is 2. The van der Waals surface area contributed by atoms with Gasteiger partial charge in [-0.3, -0.25) is 14.6 Å². The summed E-state index contributed by atoms with van der Waals surface area (Å²) in [6, 6.07) is 10.8. The lowest BCUT2D eigenvalue weighted by Gasteiger charge is -2.25. The van der Waals surface area contributed by atoms with E-state index in [2.05, 4.69) is 15.6 Å². The van der Waals surface area contributed by atoms with Gasteiger partial charge in [-0.15, -0.1) is 0 Å². The Morgan fingerprint density at radius 3 is 2.82 bits per heavy atom. The quantitative estimate of drug-likeness (QED) is 0.896. The lowest BCUT2D eigenvalue weighted by Crippen LogP contribution is -2.40. The number of hydrogen-bond acceptors (Lipinski definition) is 4. The van der Waals surface area contributed by atoms with E-state index in [0.717, 1.165) is 5.56 Å². The summed E-state index contributed by atoms with van der Waals surface area (Å²) in [5.74, 6) is 0.0307. The second kappa shape index (κ2) is 6.26. The molecule has 3 rings (SSSR count). The third-order valence-corrected chi connectivity index (χ3v) is 3.32. The molecule has 2 heterocycles. The van der Waals surface area contributed by atoms with Crippen LogP contribution in [-0.2, 0) is 16.1 Å². The summed E-state index contributed by atoms with van der Waals surface area (Å²) in [5, 5.41) is 5.50. The summed E-state index contributed by atoms with van der Waals surface area (Å²) in [7, 11) is 0. The van der Waals surface area contributed by atoms with Gasteiger partial charge < -0.3 is 15.4 Å². The van der Waals surface area contributed by atoms with Crippen molar-refractivity contribution in [2.24, 2.45) is 0 Å². The summed E-state index contributed by atoms with van der Waals surface area (Å²) >= 11 is 0. The number of pyridine rings is 1. The van der Waals surface area contributed by atoms with E-state index < -0.39 is 6.10 Å². The van der Waals surface area contributed by atoms with Crippen molar-refractivity contribution in [2.45, 2.75) is 19.1 Å². The third-order valence-electron chi connectivity index (χ3n) is 3.32. The first-order valence-electron chi connectivity index (χ1n) is 6.94. The predicted molar refractivity (Wildman–Crippen MR) is 80.2 cm³/mol. The maximum absolute atomic E-state index is 12.0. The monoisotopic (exact) mass is 297 g/mol. The van der Waals surface area contributed by atoms with Crippen LogP contribution in [0.15, 0.2) is 48.8 Å². The third kappa shape index (κ3) is 3.22. The van der Waals surface area contributed by atoms with Gasteiger partial charge in [0.05, 0.1) is 12.1 Å². The van der Waals surface area contributed by atoms with E-state index in [-0.39, 0.29) is 18.2 Å². The molecule has 0 saturated carbocycles. The number of fused-ring (bicyclic) bond motifs is 1. The Labute approximate surface area is 127 Å². The van der Waals surface area contributed by atoms with E-state index in [9.17, 15) is 9.59 Å². The highest BCUT2D eigenvalue weighted by atomic mass is 16.5. The second-order valence-electron chi connectivity index (χ2n) is 4.93. The van der Waals surface area contributed by atoms with Gasteiger partial charge in [0.1, 0.15) is 5.75 Å². The number of nitrogens with one attached hydrogen (secondary N) is 2. The van der Waals surface area contributed by atoms with Crippen LogP contribution in [-0.4, -0.2) is 22.9 Å². The van der Waals surface area contributed by atoms with E-state index in [0.29, 0.717) is 18.0 Å².